The van der Waals surface area contributed by atoms with E-state index in [9.17, 15) is 14.7 Å². The van der Waals surface area contributed by atoms with Gasteiger partial charge in [0.2, 0.25) is 5.91 Å². The van der Waals surface area contributed by atoms with Crippen molar-refractivity contribution in [2.75, 3.05) is 0 Å². The van der Waals surface area contributed by atoms with Crippen LogP contribution in [0.25, 0.3) is 22.0 Å². The van der Waals surface area contributed by atoms with E-state index >= 15 is 0 Å². The van der Waals surface area contributed by atoms with E-state index in [2.05, 4.69) is 27.8 Å². The van der Waals surface area contributed by atoms with E-state index in [1.165, 1.54) is 30.5 Å². The van der Waals surface area contributed by atoms with Gasteiger partial charge in [-0.15, -0.1) is 0 Å². The molecule has 2 heterocycles. The van der Waals surface area contributed by atoms with Gasteiger partial charge in [0.15, 0.2) is 6.04 Å². The molecule has 3 aromatic carbocycles. The molecular weight excluding hydrogens is 474 g/mol. The molecule has 2 aliphatic rings. The summed E-state index contributed by atoms with van der Waals surface area (Å²) in [5, 5.41) is 17.7. The molecule has 1 amide bonds. The van der Waals surface area contributed by atoms with Crippen LogP contribution in [0.4, 0.5) is 0 Å². The number of rotatable bonds is 6. The van der Waals surface area contributed by atoms with Gasteiger partial charge in [-0.1, -0.05) is 92.1 Å². The highest BCUT2D eigenvalue weighted by Gasteiger charge is 2.38. The Morgan fingerprint density at radius 1 is 0.842 bits per heavy atom. The second-order valence-corrected chi connectivity index (χ2v) is 10.6. The van der Waals surface area contributed by atoms with Gasteiger partial charge < -0.3 is 15.4 Å². The molecule has 1 unspecified atom stereocenters. The van der Waals surface area contributed by atoms with E-state index in [0.717, 1.165) is 34.9 Å². The average molecular weight is 508 g/mol. The molecule has 3 atom stereocenters. The molecule has 0 radical (unpaired) electrons. The summed E-state index contributed by atoms with van der Waals surface area (Å²) in [5.74, 6) is -0.897. The normalized spacial score (nSPS) is 20.5. The molecule has 4 N–H and O–H groups in total. The molecule has 1 aliphatic heterocycles. The maximum absolute atomic E-state index is 13.6. The second-order valence-electron chi connectivity index (χ2n) is 10.6. The number of carbonyl (C=O) groups excluding carboxylic acids is 1. The van der Waals surface area contributed by atoms with Crippen molar-refractivity contribution < 1.29 is 14.7 Å². The fourth-order valence-corrected chi connectivity index (χ4v) is 6.31. The lowest BCUT2D eigenvalue weighted by Gasteiger charge is -2.37. The smallest absolute Gasteiger partial charge is 0.330 e. The van der Waals surface area contributed by atoms with E-state index < -0.39 is 18.1 Å². The zero-order chi connectivity index (χ0) is 26.1. The molecule has 1 aliphatic carbocycles. The zero-order valence-electron chi connectivity index (χ0n) is 21.3. The lowest BCUT2D eigenvalue weighted by Crippen LogP contribution is -2.52. The van der Waals surface area contributed by atoms with Gasteiger partial charge in [-0.3, -0.25) is 10.1 Å². The number of benzene rings is 3. The first-order valence-corrected chi connectivity index (χ1v) is 13.6. The molecule has 0 saturated heterocycles. The number of aliphatic carboxylic acids is 1. The van der Waals surface area contributed by atoms with Gasteiger partial charge in [0.25, 0.3) is 0 Å². The number of carbonyl (C=O) groups is 2. The van der Waals surface area contributed by atoms with Crippen molar-refractivity contribution in [1.82, 2.24) is 15.6 Å². The van der Waals surface area contributed by atoms with Gasteiger partial charge in [0.05, 0.1) is 12.1 Å². The van der Waals surface area contributed by atoms with Crippen LogP contribution in [0.1, 0.15) is 61.0 Å². The van der Waals surface area contributed by atoms with Crippen LogP contribution in [0.2, 0.25) is 0 Å². The second kappa shape index (κ2) is 10.5. The maximum Gasteiger partial charge on any atom is 0.330 e. The minimum absolute atomic E-state index is 0.0515. The van der Waals surface area contributed by atoms with Crippen LogP contribution < -0.4 is 10.6 Å². The predicted octanol–water partition coefficient (Wildman–Crippen LogP) is 5.91. The number of carboxylic acid groups (broad SMARTS) is 1. The van der Waals surface area contributed by atoms with Crippen molar-refractivity contribution in [2.24, 2.45) is 5.92 Å². The predicted molar refractivity (Wildman–Crippen MR) is 149 cm³/mol. The largest absolute Gasteiger partial charge is 0.479 e. The van der Waals surface area contributed by atoms with E-state index in [0.29, 0.717) is 17.9 Å². The molecule has 6 rings (SSSR count). The molecular formula is C32H33N3O3. The van der Waals surface area contributed by atoms with Crippen LogP contribution in [0.3, 0.4) is 0 Å². The molecule has 1 aromatic heterocycles. The Hall–Kier alpha value is -3.90. The first kappa shape index (κ1) is 24.4. The number of hydrogen-bond donors (Lipinski definition) is 4. The van der Waals surface area contributed by atoms with Crippen LogP contribution in [-0.4, -0.2) is 28.0 Å². The van der Waals surface area contributed by atoms with Gasteiger partial charge >= 0.3 is 5.97 Å². The molecule has 0 bridgehead atoms. The van der Waals surface area contributed by atoms with Crippen molar-refractivity contribution in [2.45, 2.75) is 56.7 Å². The van der Waals surface area contributed by atoms with Gasteiger partial charge in [0.1, 0.15) is 0 Å². The SMILES string of the molecule is O=C(O)C(NC(=O)[C@H]1Cc2c([nH]c3ccccc23)[C@@H](C2CCCCC2)N1)c1ccc(-c2ccccc2)cc1. The number of amides is 1. The van der Waals surface area contributed by atoms with Crippen molar-refractivity contribution in [3.8, 4) is 11.1 Å². The Labute approximate surface area is 222 Å². The fraction of sp³-hybridized carbons (Fsp3) is 0.312. The number of hydrogen-bond acceptors (Lipinski definition) is 3. The van der Waals surface area contributed by atoms with E-state index in [4.69, 9.17) is 0 Å². The molecule has 0 spiro atoms. The molecule has 194 valence electrons. The summed E-state index contributed by atoms with van der Waals surface area (Å²) in [6, 6.07) is 24.0. The monoisotopic (exact) mass is 507 g/mol. The summed E-state index contributed by atoms with van der Waals surface area (Å²) < 4.78 is 0. The van der Waals surface area contributed by atoms with Crippen molar-refractivity contribution in [3.63, 3.8) is 0 Å². The fourth-order valence-electron chi connectivity index (χ4n) is 6.31. The number of carboxylic acids is 1. The third-order valence-corrected chi connectivity index (χ3v) is 8.27. The zero-order valence-corrected chi connectivity index (χ0v) is 21.3. The Bertz CT molecular complexity index is 1440. The minimum atomic E-state index is -1.12. The Kier molecular flexibility index (Phi) is 6.73. The quantitative estimate of drug-likeness (QED) is 0.261. The summed E-state index contributed by atoms with van der Waals surface area (Å²) >= 11 is 0. The minimum Gasteiger partial charge on any atom is -0.479 e. The van der Waals surface area contributed by atoms with Crippen LogP contribution in [0.15, 0.2) is 78.9 Å². The van der Waals surface area contributed by atoms with Gasteiger partial charge in [0, 0.05) is 16.6 Å². The summed E-state index contributed by atoms with van der Waals surface area (Å²) in [7, 11) is 0. The molecule has 6 heteroatoms. The van der Waals surface area contributed by atoms with Crippen LogP contribution in [-0.2, 0) is 16.0 Å². The van der Waals surface area contributed by atoms with Gasteiger partial charge in [-0.25, -0.2) is 4.79 Å². The molecule has 6 nitrogen and oxygen atoms in total. The number of aromatic amines is 1. The summed E-state index contributed by atoms with van der Waals surface area (Å²) in [5.41, 5.74) is 6.06. The number of para-hydroxylation sites is 1. The summed E-state index contributed by atoms with van der Waals surface area (Å²) in [6.45, 7) is 0. The van der Waals surface area contributed by atoms with Crippen molar-refractivity contribution >= 4 is 22.8 Å². The van der Waals surface area contributed by atoms with Crippen molar-refractivity contribution in [3.05, 3.63) is 95.7 Å². The van der Waals surface area contributed by atoms with Gasteiger partial charge in [-0.2, -0.15) is 0 Å². The Morgan fingerprint density at radius 3 is 2.26 bits per heavy atom. The number of fused-ring (bicyclic) bond motifs is 3. The molecule has 1 saturated carbocycles. The van der Waals surface area contributed by atoms with Crippen LogP contribution >= 0.6 is 0 Å². The number of aromatic nitrogens is 1. The van der Waals surface area contributed by atoms with Crippen LogP contribution in [0.5, 0.6) is 0 Å². The van der Waals surface area contributed by atoms with E-state index in [1.54, 1.807) is 12.1 Å². The topological polar surface area (TPSA) is 94.2 Å². The average Bonchev–Trinajstić information content (AvgIpc) is 3.35. The third-order valence-electron chi connectivity index (χ3n) is 8.27. The van der Waals surface area contributed by atoms with Crippen molar-refractivity contribution in [1.29, 1.82) is 0 Å². The standard InChI is InChI=1S/C32H33N3O3/c36-31(35-29(32(37)38)23-17-15-21(16-18-23)20-9-3-1-4-10-20)27-19-25-24-13-7-8-14-26(24)33-30(25)28(34-27)22-11-5-2-6-12-22/h1,3-4,7-10,13-18,22,27-29,33-34H,2,5-6,11-12,19H2,(H,35,36)(H,37,38)/t27-,28-,29?/m1/s1. The first-order valence-electron chi connectivity index (χ1n) is 13.6. The highest BCUT2D eigenvalue weighted by atomic mass is 16.4. The van der Waals surface area contributed by atoms with Crippen LogP contribution in [0, 0.1) is 5.92 Å². The molecule has 1 fully saturated rings. The molecule has 38 heavy (non-hydrogen) atoms. The lowest BCUT2D eigenvalue weighted by atomic mass is 9.79. The van der Waals surface area contributed by atoms with E-state index in [-0.39, 0.29) is 11.9 Å². The Balaban J connectivity index is 1.26. The Morgan fingerprint density at radius 2 is 1.53 bits per heavy atom. The highest BCUT2D eigenvalue weighted by Crippen LogP contribution is 2.40. The third kappa shape index (κ3) is 4.72. The lowest BCUT2D eigenvalue weighted by molar-refractivity contribution is -0.142. The van der Waals surface area contributed by atoms with Gasteiger partial charge in [-0.05, 0) is 53.5 Å². The summed E-state index contributed by atoms with van der Waals surface area (Å²) in [6.07, 6.45) is 6.45. The van der Waals surface area contributed by atoms with E-state index in [1.807, 2.05) is 54.6 Å². The molecule has 4 aromatic rings. The number of nitrogens with one attached hydrogen (secondary N) is 3. The summed E-state index contributed by atoms with van der Waals surface area (Å²) in [4.78, 5) is 29.5. The maximum atomic E-state index is 13.6. The first-order chi connectivity index (χ1) is 18.6. The number of H-pyrrole nitrogens is 1. The highest BCUT2D eigenvalue weighted by molar-refractivity contribution is 5.90.